The Morgan fingerprint density at radius 3 is 2.45 bits per heavy atom. The normalized spacial score (nSPS) is 31.3. The molecule has 0 aromatic heterocycles. The van der Waals surface area contributed by atoms with Gasteiger partial charge in [-0.25, -0.2) is 27.0 Å². The number of nitrogens with one attached hydrogen (secondary N) is 3. The van der Waals surface area contributed by atoms with Gasteiger partial charge >= 0.3 is 6.09 Å². The van der Waals surface area contributed by atoms with Crippen molar-refractivity contribution in [3.8, 4) is 18.1 Å². The summed E-state index contributed by atoms with van der Waals surface area (Å²) >= 11 is 0. The lowest BCUT2D eigenvalue weighted by atomic mass is 9.85. The number of anilines is 1. The van der Waals surface area contributed by atoms with Crippen molar-refractivity contribution in [3.05, 3.63) is 30.5 Å². The molecule has 20 heteroatoms. The summed E-state index contributed by atoms with van der Waals surface area (Å²) < 4.78 is 105. The highest BCUT2D eigenvalue weighted by atomic mass is 32.2. The first-order chi connectivity index (χ1) is 29.8. The fraction of sp³-hybridized carbons (Fsp3) is 0.659. The second-order valence-corrected chi connectivity index (χ2v) is 21.3. The molecule has 15 nitrogen and oxygen atoms in total. The lowest BCUT2D eigenvalue weighted by molar-refractivity contribution is -0.143. The Labute approximate surface area is 371 Å². The average molecular weight is 923 g/mol. The van der Waals surface area contributed by atoms with Gasteiger partial charge in [0.25, 0.3) is 11.8 Å². The monoisotopic (exact) mass is 922 g/mol. The van der Waals surface area contributed by atoms with Crippen LogP contribution in [0.2, 0.25) is 0 Å². The van der Waals surface area contributed by atoms with Crippen LogP contribution in [-0.4, -0.2) is 103 Å². The summed E-state index contributed by atoms with van der Waals surface area (Å²) in [7, 11) is -2.86. The number of alkyl carbamates (subject to hydrolysis) is 1. The van der Waals surface area contributed by atoms with E-state index in [1.165, 1.54) is 32.2 Å². The minimum Gasteiger partial charge on any atom is -0.497 e. The first-order valence-electron chi connectivity index (χ1n) is 21.5. The summed E-state index contributed by atoms with van der Waals surface area (Å²) in [5.74, 6) is -5.95. The molecule has 2 heterocycles. The lowest BCUT2D eigenvalue weighted by Crippen LogP contribution is -2.60. The van der Waals surface area contributed by atoms with Crippen LogP contribution in [-0.2, 0) is 33.9 Å². The maximum Gasteiger partial charge on any atom is 0.408 e. The summed E-state index contributed by atoms with van der Waals surface area (Å²) in [6, 6.07) is 1.35. The Balaban J connectivity index is 1.38. The zero-order chi connectivity index (χ0) is 47.2. The minimum atomic E-state index is -4.27. The molecule has 1 aromatic rings. The van der Waals surface area contributed by atoms with Crippen molar-refractivity contribution in [1.82, 2.24) is 20.3 Å². The highest BCUT2D eigenvalue weighted by Gasteiger charge is 2.64. The molecule has 5 N–H and O–H groups in total. The number of halogens is 4. The fourth-order valence-corrected chi connectivity index (χ4v) is 10.2. The van der Waals surface area contributed by atoms with E-state index in [9.17, 15) is 36.4 Å². The molecule has 2 saturated heterocycles. The molecule has 3 aliphatic carbocycles. The van der Waals surface area contributed by atoms with Gasteiger partial charge in [-0.05, 0) is 81.3 Å². The molecule has 8 atom stereocenters. The molecule has 5 aliphatic rings. The largest absolute Gasteiger partial charge is 0.497 e. The maximum absolute atomic E-state index is 16.5. The molecule has 64 heavy (non-hydrogen) atoms. The first-order valence-corrected chi connectivity index (χ1v) is 23.0. The quantitative estimate of drug-likeness (QED) is 0.134. The van der Waals surface area contributed by atoms with Crippen molar-refractivity contribution in [2.24, 2.45) is 28.2 Å². The Hall–Kier alpha value is -5.06. The molecule has 5 fully saturated rings. The molecule has 0 spiro atoms. The van der Waals surface area contributed by atoms with Crippen molar-refractivity contribution in [2.45, 2.75) is 145 Å². The van der Waals surface area contributed by atoms with Gasteiger partial charge in [0.05, 0.1) is 29.8 Å². The van der Waals surface area contributed by atoms with Crippen molar-refractivity contribution in [1.29, 1.82) is 0 Å². The number of aliphatic imine (C=N–C) groups is 1. The number of nitrogens with two attached hydrogens (primary N) is 1. The molecule has 0 radical (unpaired) electrons. The van der Waals surface area contributed by atoms with Crippen molar-refractivity contribution >= 4 is 50.9 Å². The van der Waals surface area contributed by atoms with Gasteiger partial charge < -0.3 is 35.5 Å². The Morgan fingerprint density at radius 1 is 1.14 bits per heavy atom. The topological polar surface area (TPSA) is 208 Å². The fourth-order valence-electron chi connectivity index (χ4n) is 8.91. The van der Waals surface area contributed by atoms with Gasteiger partial charge in [-0.15, -0.1) is 12.3 Å². The molecule has 2 bridgehead atoms. The summed E-state index contributed by atoms with van der Waals surface area (Å²) in [5.41, 5.74) is 2.18. The van der Waals surface area contributed by atoms with Crippen LogP contribution < -0.4 is 25.8 Å². The number of carbonyl (C=O) groups is 4. The predicted molar refractivity (Wildman–Crippen MR) is 228 cm³/mol. The summed E-state index contributed by atoms with van der Waals surface area (Å²) in [4.78, 5) is 62.0. The van der Waals surface area contributed by atoms with Gasteiger partial charge in [-0.3, -0.25) is 19.1 Å². The van der Waals surface area contributed by atoms with Gasteiger partial charge in [0.2, 0.25) is 28.3 Å². The highest BCUT2D eigenvalue weighted by molar-refractivity contribution is 7.91. The third-order valence-corrected chi connectivity index (χ3v) is 15.4. The van der Waals surface area contributed by atoms with E-state index >= 15 is 8.78 Å². The van der Waals surface area contributed by atoms with E-state index in [1.54, 1.807) is 20.8 Å². The first kappa shape index (κ1) is 48.4. The number of allylic oxidation sites excluding steroid dienone is 1. The Morgan fingerprint density at radius 2 is 1.84 bits per heavy atom. The zero-order valence-electron chi connectivity index (χ0n) is 36.7. The van der Waals surface area contributed by atoms with Crippen LogP contribution in [0.5, 0.6) is 5.75 Å². The van der Waals surface area contributed by atoms with E-state index in [4.69, 9.17) is 26.4 Å². The Bertz CT molecular complexity index is 2210. The van der Waals surface area contributed by atoms with Crippen LogP contribution in [0.25, 0.3) is 0 Å². The third-order valence-electron chi connectivity index (χ3n) is 13.2. The van der Waals surface area contributed by atoms with E-state index in [0.717, 1.165) is 4.90 Å². The number of benzene rings is 1. The smallest absolute Gasteiger partial charge is 0.408 e. The summed E-state index contributed by atoms with van der Waals surface area (Å²) in [5, 5.41) is 5.17. The third kappa shape index (κ3) is 10.4. The van der Waals surface area contributed by atoms with Gasteiger partial charge in [0, 0.05) is 31.2 Å². The number of fused-ring (bicyclic) bond motifs is 3. The number of hydrogen-bond acceptors (Lipinski definition) is 11. The van der Waals surface area contributed by atoms with E-state index in [1.807, 2.05) is 4.72 Å². The average Bonchev–Trinajstić information content (AvgIpc) is 4.01. The molecule has 3 saturated carbocycles. The van der Waals surface area contributed by atoms with Crippen LogP contribution in [0.3, 0.4) is 0 Å². The second-order valence-electron chi connectivity index (χ2n) is 19.1. The lowest BCUT2D eigenvalue weighted by Gasteiger charge is -2.35. The number of carbonyl (C=O) groups excluding carboxylic acids is 4. The van der Waals surface area contributed by atoms with Crippen LogP contribution in [0, 0.1) is 35.5 Å². The van der Waals surface area contributed by atoms with E-state index < -0.39 is 129 Å². The molecular weight excluding hydrogens is 865 g/mol. The number of terminal acetylenes is 1. The Kier molecular flexibility index (Phi) is 13.7. The van der Waals surface area contributed by atoms with Crippen LogP contribution in [0.15, 0.2) is 35.5 Å². The van der Waals surface area contributed by atoms with Crippen molar-refractivity contribution in [2.75, 3.05) is 19.4 Å². The standard InChI is InChI=1S/C44H58F4N6O9S/c1-8-25-17-26-11-9-10-14-44(47,48)35(50-31-13-12-28(61-7)20-30(31)49)24(2)62-29-21-32(54(23-29)38(56)36(41(3,4)5)51-40(58)63-33(26)18-25)37(55)52-43(22-27(43)19-34(45)46)39(57)53-64(59,60)42(6)15-16-42/h1,12-13,20,25-27,29,32-34,36H,2,9-11,14-19,21-23,49H2,3-7H3,(H,51,58)(H,52,55)(H,53,57)/t25-,26-,27-,29-,32+,33-,36-,43-/m1/s1. The van der Waals surface area contributed by atoms with Gasteiger partial charge in [0.15, 0.2) is 5.71 Å². The summed E-state index contributed by atoms with van der Waals surface area (Å²) in [6.07, 6.45) is -0.259. The second kappa shape index (κ2) is 18.1. The van der Waals surface area contributed by atoms with Gasteiger partial charge in [0.1, 0.15) is 41.3 Å². The maximum atomic E-state index is 16.5. The number of hydrogen-bond donors (Lipinski definition) is 4. The summed E-state index contributed by atoms with van der Waals surface area (Å²) in [6.45, 7) is 9.78. The molecule has 2 aliphatic heterocycles. The number of ether oxygens (including phenoxy) is 3. The predicted octanol–water partition coefficient (Wildman–Crippen LogP) is 5.76. The molecule has 0 unspecified atom stereocenters. The number of alkyl halides is 4. The number of nitrogens with zero attached hydrogens (tertiary/aromatic N) is 2. The minimum absolute atomic E-state index is 0.00993. The number of nitrogen functional groups attached to an aromatic ring is 1. The van der Waals surface area contributed by atoms with Crippen LogP contribution in [0.1, 0.15) is 98.3 Å². The van der Waals surface area contributed by atoms with Crippen molar-refractivity contribution < 1.29 is 59.4 Å². The number of rotatable bonds is 9. The van der Waals surface area contributed by atoms with E-state index in [0.29, 0.717) is 31.4 Å². The number of amides is 4. The van der Waals surface area contributed by atoms with Crippen LogP contribution in [0.4, 0.5) is 33.7 Å². The van der Waals surface area contributed by atoms with E-state index in [-0.39, 0.29) is 48.9 Å². The number of methoxy groups -OCH3 is 1. The molecular formula is C44H58F4N6O9S. The van der Waals surface area contributed by atoms with Crippen molar-refractivity contribution in [3.63, 3.8) is 0 Å². The zero-order valence-corrected chi connectivity index (χ0v) is 37.5. The molecule has 6 rings (SSSR count). The molecule has 1 aromatic carbocycles. The van der Waals surface area contributed by atoms with Crippen LogP contribution >= 0.6 is 0 Å². The molecule has 4 amide bonds. The van der Waals surface area contributed by atoms with Gasteiger partial charge in [-0.1, -0.05) is 33.8 Å². The molecule has 352 valence electrons. The van der Waals surface area contributed by atoms with E-state index in [2.05, 4.69) is 28.1 Å². The SMILES string of the molecule is C#C[C@@H]1C[C@H]2CCCCC(F)(F)C(=Nc3ccc(OC)cc3N)C(=C)O[C@@H]3C[C@@H](C(=O)N[C@]4(C(=O)NS(=O)(=O)C5(C)CC5)C[C@H]4CC(F)F)N(C3)C(=O)[C@H](C(C)(C)C)NC(=O)O[C@@H]2C1. The number of sulfonamides is 1. The highest BCUT2D eigenvalue weighted by Crippen LogP contribution is 2.49. The van der Waals surface area contributed by atoms with Gasteiger partial charge in [-0.2, -0.15) is 8.78 Å².